The van der Waals surface area contributed by atoms with Crippen molar-refractivity contribution >= 4 is 34.1 Å². The van der Waals surface area contributed by atoms with Crippen LogP contribution in [0.4, 0.5) is 0 Å². The van der Waals surface area contributed by atoms with Crippen LogP contribution in [0.2, 0.25) is 0 Å². The van der Waals surface area contributed by atoms with Gasteiger partial charge in [-0.25, -0.2) is 0 Å². The number of carbonyl (C=O) groups is 1. The van der Waals surface area contributed by atoms with E-state index in [1.807, 2.05) is 37.3 Å². The van der Waals surface area contributed by atoms with Gasteiger partial charge in [0.1, 0.15) is 5.25 Å². The Kier molecular flexibility index (Phi) is 6.98. The standard InChI is InChI=1S/C14H18O2S2/c1-3-4-10-16-14(15)13(18-11(2)17)12-8-6-5-7-9-12/h5-9,13H,3-4,10H2,1-2H3. The van der Waals surface area contributed by atoms with E-state index in [0.29, 0.717) is 6.61 Å². The van der Waals surface area contributed by atoms with Crippen LogP contribution >= 0.6 is 24.0 Å². The van der Waals surface area contributed by atoms with E-state index in [0.717, 1.165) is 22.6 Å². The van der Waals surface area contributed by atoms with Gasteiger partial charge in [0, 0.05) is 4.20 Å². The third-order valence-electron chi connectivity index (χ3n) is 2.34. The average molecular weight is 282 g/mol. The maximum atomic E-state index is 12.1. The summed E-state index contributed by atoms with van der Waals surface area (Å²) in [5.74, 6) is -0.205. The van der Waals surface area contributed by atoms with Crippen LogP contribution in [0.25, 0.3) is 0 Å². The van der Waals surface area contributed by atoms with E-state index in [1.165, 1.54) is 11.8 Å². The summed E-state index contributed by atoms with van der Waals surface area (Å²) < 4.78 is 6.03. The van der Waals surface area contributed by atoms with Crippen molar-refractivity contribution < 1.29 is 9.53 Å². The van der Waals surface area contributed by atoms with Crippen LogP contribution in [-0.4, -0.2) is 16.8 Å². The Morgan fingerprint density at radius 2 is 2.06 bits per heavy atom. The van der Waals surface area contributed by atoms with Gasteiger partial charge in [-0.2, -0.15) is 0 Å². The summed E-state index contributed by atoms with van der Waals surface area (Å²) in [4.78, 5) is 12.1. The molecular formula is C14H18O2S2. The molecule has 0 aliphatic heterocycles. The zero-order valence-electron chi connectivity index (χ0n) is 10.7. The number of ether oxygens (including phenoxy) is 1. The zero-order valence-corrected chi connectivity index (χ0v) is 12.4. The minimum atomic E-state index is -0.347. The molecule has 0 fully saturated rings. The van der Waals surface area contributed by atoms with Gasteiger partial charge in [-0.05, 0) is 18.9 Å². The van der Waals surface area contributed by atoms with Crippen LogP contribution in [0.15, 0.2) is 30.3 Å². The molecule has 0 N–H and O–H groups in total. The van der Waals surface area contributed by atoms with Crippen molar-refractivity contribution in [3.05, 3.63) is 35.9 Å². The molecular weight excluding hydrogens is 264 g/mol. The summed E-state index contributed by atoms with van der Waals surface area (Å²) in [6.07, 6.45) is 1.91. The van der Waals surface area contributed by atoms with Crippen molar-refractivity contribution in [2.45, 2.75) is 31.9 Å². The highest BCUT2D eigenvalue weighted by molar-refractivity contribution is 8.23. The second kappa shape index (κ2) is 8.27. The number of rotatable bonds is 6. The Labute approximate surface area is 118 Å². The van der Waals surface area contributed by atoms with E-state index in [9.17, 15) is 4.79 Å². The van der Waals surface area contributed by atoms with Crippen molar-refractivity contribution in [2.75, 3.05) is 6.61 Å². The summed E-state index contributed by atoms with van der Waals surface area (Å²) in [7, 11) is 0. The lowest BCUT2D eigenvalue weighted by atomic mass is 10.1. The van der Waals surface area contributed by atoms with Crippen LogP contribution < -0.4 is 0 Å². The number of hydrogen-bond donors (Lipinski definition) is 0. The van der Waals surface area contributed by atoms with Gasteiger partial charge in [0.15, 0.2) is 0 Å². The van der Waals surface area contributed by atoms with Gasteiger partial charge in [-0.3, -0.25) is 4.79 Å². The fourth-order valence-electron chi connectivity index (χ4n) is 1.44. The van der Waals surface area contributed by atoms with Crippen LogP contribution in [0.3, 0.4) is 0 Å². The summed E-state index contributed by atoms with van der Waals surface area (Å²) in [5.41, 5.74) is 0.938. The van der Waals surface area contributed by atoms with Gasteiger partial charge in [0.25, 0.3) is 0 Å². The Morgan fingerprint density at radius 1 is 1.39 bits per heavy atom. The topological polar surface area (TPSA) is 26.3 Å². The number of esters is 1. The van der Waals surface area contributed by atoms with E-state index in [-0.39, 0.29) is 11.2 Å². The number of thioether (sulfide) groups is 1. The highest BCUT2D eigenvalue weighted by atomic mass is 32.2. The lowest BCUT2D eigenvalue weighted by Crippen LogP contribution is -2.15. The van der Waals surface area contributed by atoms with Crippen molar-refractivity contribution in [1.29, 1.82) is 0 Å². The normalized spacial score (nSPS) is 11.9. The lowest BCUT2D eigenvalue weighted by molar-refractivity contribution is -0.143. The van der Waals surface area contributed by atoms with Crippen LogP contribution in [0.5, 0.6) is 0 Å². The molecule has 1 aromatic carbocycles. The molecule has 0 heterocycles. The molecule has 0 saturated carbocycles. The quantitative estimate of drug-likeness (QED) is 0.445. The van der Waals surface area contributed by atoms with E-state index in [1.54, 1.807) is 0 Å². The molecule has 0 aliphatic rings. The second-order valence-electron chi connectivity index (χ2n) is 3.92. The molecule has 4 heteroatoms. The summed E-state index contributed by atoms with van der Waals surface area (Å²) in [6.45, 7) is 4.38. The zero-order chi connectivity index (χ0) is 13.4. The van der Waals surface area contributed by atoms with E-state index < -0.39 is 0 Å². The third-order valence-corrected chi connectivity index (χ3v) is 3.66. The first kappa shape index (κ1) is 15.2. The summed E-state index contributed by atoms with van der Waals surface area (Å²) in [6, 6.07) is 9.62. The largest absolute Gasteiger partial charge is 0.465 e. The molecule has 0 saturated heterocycles. The first-order valence-corrected chi connectivity index (χ1v) is 7.32. The van der Waals surface area contributed by atoms with Crippen molar-refractivity contribution in [2.24, 2.45) is 0 Å². The maximum Gasteiger partial charge on any atom is 0.323 e. The maximum absolute atomic E-state index is 12.1. The van der Waals surface area contributed by atoms with Crippen molar-refractivity contribution in [3.63, 3.8) is 0 Å². The van der Waals surface area contributed by atoms with Crippen LogP contribution in [-0.2, 0) is 9.53 Å². The molecule has 0 radical (unpaired) electrons. The summed E-state index contributed by atoms with van der Waals surface area (Å²) >= 11 is 6.46. The first-order valence-electron chi connectivity index (χ1n) is 6.04. The monoisotopic (exact) mass is 282 g/mol. The predicted octanol–water partition coefficient (Wildman–Crippen LogP) is 4.15. The molecule has 0 aliphatic carbocycles. The van der Waals surface area contributed by atoms with Crippen molar-refractivity contribution in [3.8, 4) is 0 Å². The second-order valence-corrected chi connectivity index (χ2v) is 6.11. The Morgan fingerprint density at radius 3 is 2.61 bits per heavy atom. The molecule has 98 valence electrons. The molecule has 0 aromatic heterocycles. The Hall–Kier alpha value is -0.870. The SMILES string of the molecule is CCCCOC(=O)C(SC(C)=S)c1ccccc1. The number of thiocarbonyl (C=S) groups is 1. The highest BCUT2D eigenvalue weighted by Crippen LogP contribution is 2.31. The highest BCUT2D eigenvalue weighted by Gasteiger charge is 2.23. The fourth-order valence-corrected chi connectivity index (χ4v) is 2.52. The molecule has 18 heavy (non-hydrogen) atoms. The third kappa shape index (κ3) is 5.19. The van der Waals surface area contributed by atoms with Crippen molar-refractivity contribution in [1.82, 2.24) is 0 Å². The predicted molar refractivity (Wildman–Crippen MR) is 80.9 cm³/mol. The van der Waals surface area contributed by atoms with Gasteiger partial charge in [-0.1, -0.05) is 67.7 Å². The van der Waals surface area contributed by atoms with Crippen LogP contribution in [0, 0.1) is 0 Å². The number of unbranched alkanes of at least 4 members (excludes halogenated alkanes) is 1. The minimum absolute atomic E-state index is 0.205. The molecule has 0 bridgehead atoms. The van der Waals surface area contributed by atoms with E-state index >= 15 is 0 Å². The minimum Gasteiger partial charge on any atom is -0.465 e. The summed E-state index contributed by atoms with van der Waals surface area (Å²) in [5, 5.41) is -0.347. The molecule has 0 spiro atoms. The fraction of sp³-hybridized carbons (Fsp3) is 0.429. The molecule has 0 amide bonds. The number of hydrogen-bond acceptors (Lipinski definition) is 4. The van der Waals surface area contributed by atoms with Crippen LogP contribution in [0.1, 0.15) is 37.5 Å². The first-order chi connectivity index (χ1) is 8.65. The molecule has 1 rings (SSSR count). The van der Waals surface area contributed by atoms with Gasteiger partial charge < -0.3 is 4.74 Å². The van der Waals surface area contributed by atoms with Gasteiger partial charge in [-0.15, -0.1) is 0 Å². The smallest absolute Gasteiger partial charge is 0.323 e. The molecule has 2 nitrogen and oxygen atoms in total. The Bertz CT molecular complexity index is 390. The number of benzene rings is 1. The molecule has 1 atom stereocenters. The van der Waals surface area contributed by atoms with E-state index in [2.05, 4.69) is 6.92 Å². The Balaban J connectivity index is 2.72. The van der Waals surface area contributed by atoms with Gasteiger partial charge in [0.2, 0.25) is 0 Å². The van der Waals surface area contributed by atoms with E-state index in [4.69, 9.17) is 17.0 Å². The average Bonchev–Trinajstić information content (AvgIpc) is 2.37. The van der Waals surface area contributed by atoms with Gasteiger partial charge >= 0.3 is 5.97 Å². The lowest BCUT2D eigenvalue weighted by Gasteiger charge is -2.15. The molecule has 1 unspecified atom stereocenters. The molecule has 1 aromatic rings. The number of carbonyl (C=O) groups excluding carboxylic acids is 1. The van der Waals surface area contributed by atoms with Gasteiger partial charge in [0.05, 0.1) is 6.61 Å².